The molecule has 112 valence electrons. The summed E-state index contributed by atoms with van der Waals surface area (Å²) in [4.78, 5) is 20.5. The normalized spacial score (nSPS) is 20.7. The molecule has 1 aromatic carbocycles. The zero-order valence-electron chi connectivity index (χ0n) is 12.8. The zero-order valence-corrected chi connectivity index (χ0v) is 12.8. The summed E-state index contributed by atoms with van der Waals surface area (Å²) in [6.07, 6.45) is 3.96. The maximum atomic E-state index is 12.9. The molecule has 2 aromatic rings. The van der Waals surface area contributed by atoms with Gasteiger partial charge in [-0.25, -0.2) is 0 Å². The van der Waals surface area contributed by atoms with Gasteiger partial charge in [-0.15, -0.1) is 0 Å². The number of fused-ring (bicyclic) bond motifs is 1. The van der Waals surface area contributed by atoms with Crippen molar-refractivity contribution in [1.29, 1.82) is 0 Å². The molecule has 1 aliphatic rings. The van der Waals surface area contributed by atoms with Crippen molar-refractivity contribution < 1.29 is 4.79 Å². The van der Waals surface area contributed by atoms with E-state index in [1.165, 1.54) is 0 Å². The van der Waals surface area contributed by atoms with Crippen LogP contribution in [0.25, 0.3) is 10.9 Å². The van der Waals surface area contributed by atoms with E-state index < -0.39 is 0 Å². The number of rotatable bonds is 2. The van der Waals surface area contributed by atoms with Crippen LogP contribution in [0.2, 0.25) is 0 Å². The van der Waals surface area contributed by atoms with Gasteiger partial charge in [0.1, 0.15) is 0 Å². The minimum absolute atomic E-state index is 0.161. The lowest BCUT2D eigenvalue weighted by Crippen LogP contribution is -2.43. The summed E-state index contributed by atoms with van der Waals surface area (Å²) in [5.74, 6) is 0.161. The summed E-state index contributed by atoms with van der Waals surface area (Å²) in [6.45, 7) is 5.05. The van der Waals surface area contributed by atoms with E-state index >= 15 is 0 Å². The molecule has 1 N–H and O–H groups in total. The van der Waals surface area contributed by atoms with Crippen LogP contribution >= 0.6 is 0 Å². The van der Waals surface area contributed by atoms with Gasteiger partial charge in [0.2, 0.25) is 0 Å². The molecule has 3 rings (SSSR count). The Morgan fingerprint density at radius 2 is 2.19 bits per heavy atom. The highest BCUT2D eigenvalue weighted by atomic mass is 16.2. The number of nitrogens with one attached hydrogen (secondary N) is 1. The SMILES string of the molecule is CCC1CN(C)CCCN1C(=O)c1ccc2cc[nH]c2c1. The number of aromatic amines is 1. The van der Waals surface area contributed by atoms with Gasteiger partial charge in [-0.2, -0.15) is 0 Å². The van der Waals surface area contributed by atoms with Crippen molar-refractivity contribution in [1.82, 2.24) is 14.8 Å². The Hall–Kier alpha value is -1.81. The Kier molecular flexibility index (Phi) is 3.97. The molecule has 21 heavy (non-hydrogen) atoms. The van der Waals surface area contributed by atoms with Crippen LogP contribution < -0.4 is 0 Å². The molecule has 0 bridgehead atoms. The van der Waals surface area contributed by atoms with Gasteiger partial charge in [-0.3, -0.25) is 4.79 Å². The number of hydrogen-bond acceptors (Lipinski definition) is 2. The first kappa shape index (κ1) is 14.1. The van der Waals surface area contributed by atoms with Gasteiger partial charge >= 0.3 is 0 Å². The van der Waals surface area contributed by atoms with E-state index in [4.69, 9.17) is 0 Å². The number of aromatic nitrogens is 1. The van der Waals surface area contributed by atoms with E-state index in [2.05, 4.69) is 28.8 Å². The van der Waals surface area contributed by atoms with E-state index in [9.17, 15) is 4.79 Å². The fraction of sp³-hybridized carbons (Fsp3) is 0.471. The van der Waals surface area contributed by atoms with Crippen molar-refractivity contribution in [3.05, 3.63) is 36.0 Å². The smallest absolute Gasteiger partial charge is 0.254 e. The highest BCUT2D eigenvalue weighted by Crippen LogP contribution is 2.19. The van der Waals surface area contributed by atoms with Crippen molar-refractivity contribution in [2.75, 3.05) is 26.7 Å². The van der Waals surface area contributed by atoms with Crippen LogP contribution in [0, 0.1) is 0 Å². The van der Waals surface area contributed by atoms with Gasteiger partial charge < -0.3 is 14.8 Å². The lowest BCUT2D eigenvalue weighted by atomic mass is 10.1. The summed E-state index contributed by atoms with van der Waals surface area (Å²) in [5, 5.41) is 1.15. The van der Waals surface area contributed by atoms with Crippen LogP contribution in [0.4, 0.5) is 0 Å². The second kappa shape index (κ2) is 5.90. The fourth-order valence-electron chi connectivity index (χ4n) is 3.21. The quantitative estimate of drug-likeness (QED) is 0.921. The van der Waals surface area contributed by atoms with E-state index in [-0.39, 0.29) is 5.91 Å². The number of likely N-dealkylation sites (N-methyl/N-ethyl adjacent to an activating group) is 1. The van der Waals surface area contributed by atoms with Crippen LogP contribution in [-0.4, -0.2) is 53.4 Å². The van der Waals surface area contributed by atoms with E-state index in [0.29, 0.717) is 6.04 Å². The van der Waals surface area contributed by atoms with Crippen molar-refractivity contribution >= 4 is 16.8 Å². The molecule has 4 nitrogen and oxygen atoms in total. The first-order valence-corrected chi connectivity index (χ1v) is 7.75. The van der Waals surface area contributed by atoms with Crippen LogP contribution in [0.15, 0.2) is 30.5 Å². The van der Waals surface area contributed by atoms with E-state index in [1.807, 2.05) is 30.5 Å². The average molecular weight is 285 g/mol. The second-order valence-electron chi connectivity index (χ2n) is 5.96. The first-order valence-electron chi connectivity index (χ1n) is 7.75. The number of amides is 1. The summed E-state index contributed by atoms with van der Waals surface area (Å²) >= 11 is 0. The molecule has 0 spiro atoms. The van der Waals surface area contributed by atoms with E-state index in [1.54, 1.807) is 0 Å². The maximum Gasteiger partial charge on any atom is 0.254 e. The molecule has 1 unspecified atom stereocenters. The van der Waals surface area contributed by atoms with Crippen molar-refractivity contribution in [2.24, 2.45) is 0 Å². The van der Waals surface area contributed by atoms with Gasteiger partial charge in [0, 0.05) is 36.4 Å². The number of carbonyl (C=O) groups is 1. The Labute approximate surface area is 125 Å². The molecule has 1 atom stereocenters. The number of carbonyl (C=O) groups excluding carboxylic acids is 1. The fourth-order valence-corrected chi connectivity index (χ4v) is 3.21. The Bertz CT molecular complexity index is 634. The highest BCUT2D eigenvalue weighted by molar-refractivity contribution is 5.98. The number of nitrogens with zero attached hydrogens (tertiary/aromatic N) is 2. The van der Waals surface area contributed by atoms with Gasteiger partial charge in [0.05, 0.1) is 0 Å². The molecule has 0 aliphatic carbocycles. The van der Waals surface area contributed by atoms with Crippen LogP contribution in [0.1, 0.15) is 30.1 Å². The molecule has 1 aromatic heterocycles. The Morgan fingerprint density at radius 1 is 1.33 bits per heavy atom. The summed E-state index contributed by atoms with van der Waals surface area (Å²) in [6, 6.07) is 8.27. The van der Waals surface area contributed by atoms with Gasteiger partial charge in [0.15, 0.2) is 0 Å². The molecule has 4 heteroatoms. The standard InChI is InChI=1S/C17H23N3O/c1-3-15-12-19(2)9-4-10-20(15)17(21)14-6-5-13-7-8-18-16(13)11-14/h5-8,11,15,18H,3-4,9-10,12H2,1-2H3. The molecule has 1 saturated heterocycles. The Balaban J connectivity index is 1.87. The number of benzene rings is 1. The minimum Gasteiger partial charge on any atom is -0.361 e. The average Bonchev–Trinajstić information content (AvgIpc) is 2.88. The maximum absolute atomic E-state index is 12.9. The number of H-pyrrole nitrogens is 1. The van der Waals surface area contributed by atoms with Crippen molar-refractivity contribution in [2.45, 2.75) is 25.8 Å². The molecule has 0 saturated carbocycles. The summed E-state index contributed by atoms with van der Waals surface area (Å²) in [7, 11) is 2.14. The third-order valence-electron chi connectivity index (χ3n) is 4.44. The monoisotopic (exact) mass is 285 g/mol. The Morgan fingerprint density at radius 3 is 3.00 bits per heavy atom. The predicted molar refractivity (Wildman–Crippen MR) is 85.5 cm³/mol. The summed E-state index contributed by atoms with van der Waals surface area (Å²) < 4.78 is 0. The molecule has 2 heterocycles. The van der Waals surface area contributed by atoms with Gasteiger partial charge in [0.25, 0.3) is 5.91 Å². The van der Waals surface area contributed by atoms with Crippen molar-refractivity contribution in [3.63, 3.8) is 0 Å². The van der Waals surface area contributed by atoms with E-state index in [0.717, 1.165) is 48.9 Å². The molecule has 0 radical (unpaired) electrons. The van der Waals surface area contributed by atoms with Crippen LogP contribution in [-0.2, 0) is 0 Å². The largest absolute Gasteiger partial charge is 0.361 e. The topological polar surface area (TPSA) is 39.3 Å². The lowest BCUT2D eigenvalue weighted by Gasteiger charge is -2.30. The van der Waals surface area contributed by atoms with Gasteiger partial charge in [-0.05, 0) is 50.0 Å². The summed E-state index contributed by atoms with van der Waals surface area (Å²) in [5.41, 5.74) is 1.81. The highest BCUT2D eigenvalue weighted by Gasteiger charge is 2.26. The second-order valence-corrected chi connectivity index (χ2v) is 5.96. The van der Waals surface area contributed by atoms with Crippen LogP contribution in [0.3, 0.4) is 0 Å². The van der Waals surface area contributed by atoms with Crippen molar-refractivity contribution in [3.8, 4) is 0 Å². The zero-order chi connectivity index (χ0) is 14.8. The third kappa shape index (κ3) is 2.81. The predicted octanol–water partition coefficient (Wildman–Crippen LogP) is 2.72. The molecule has 1 fully saturated rings. The van der Waals surface area contributed by atoms with Gasteiger partial charge in [-0.1, -0.05) is 13.0 Å². The molecular weight excluding hydrogens is 262 g/mol. The molecule has 1 aliphatic heterocycles. The third-order valence-corrected chi connectivity index (χ3v) is 4.44. The molecule has 1 amide bonds. The number of hydrogen-bond donors (Lipinski definition) is 1. The van der Waals surface area contributed by atoms with Crippen LogP contribution in [0.5, 0.6) is 0 Å². The lowest BCUT2D eigenvalue weighted by molar-refractivity contribution is 0.0676. The minimum atomic E-state index is 0.161. The first-order chi connectivity index (χ1) is 10.2. The molecular formula is C17H23N3O.